The van der Waals surface area contributed by atoms with Crippen LogP contribution in [0.25, 0.3) is 0 Å². The SMILES string of the molecule is CCCN(CC(=O)O)C(=O)c1cnsn1. The first-order valence-corrected chi connectivity index (χ1v) is 5.16. The van der Waals surface area contributed by atoms with Crippen LogP contribution in [0.2, 0.25) is 0 Å². The van der Waals surface area contributed by atoms with Crippen LogP contribution >= 0.6 is 11.7 Å². The van der Waals surface area contributed by atoms with Crippen molar-refractivity contribution in [1.29, 1.82) is 0 Å². The zero-order valence-corrected chi connectivity index (χ0v) is 9.03. The van der Waals surface area contributed by atoms with Crippen LogP contribution in [0, 0.1) is 0 Å². The standard InChI is InChI=1S/C8H11N3O3S/c1-2-3-11(5-7(12)13)8(14)6-4-9-15-10-6/h4H,2-3,5H2,1H3,(H,12,13). The summed E-state index contributed by atoms with van der Waals surface area (Å²) in [7, 11) is 0. The molecule has 0 saturated carbocycles. The van der Waals surface area contributed by atoms with E-state index in [2.05, 4.69) is 8.75 Å². The smallest absolute Gasteiger partial charge is 0.323 e. The van der Waals surface area contributed by atoms with Crippen LogP contribution in [0.4, 0.5) is 0 Å². The van der Waals surface area contributed by atoms with Crippen molar-refractivity contribution >= 4 is 23.6 Å². The molecule has 1 aromatic rings. The fourth-order valence-corrected chi connectivity index (χ4v) is 1.51. The minimum absolute atomic E-state index is 0.203. The summed E-state index contributed by atoms with van der Waals surface area (Å²) in [6.45, 7) is 1.98. The van der Waals surface area contributed by atoms with Gasteiger partial charge in [-0.2, -0.15) is 8.75 Å². The Morgan fingerprint density at radius 1 is 1.60 bits per heavy atom. The van der Waals surface area contributed by atoms with Crippen LogP contribution in [0.5, 0.6) is 0 Å². The maximum atomic E-state index is 11.7. The lowest BCUT2D eigenvalue weighted by Gasteiger charge is -2.18. The number of carbonyl (C=O) groups excluding carboxylic acids is 1. The highest BCUT2D eigenvalue weighted by Gasteiger charge is 2.19. The summed E-state index contributed by atoms with van der Waals surface area (Å²) in [5.74, 6) is -1.41. The van der Waals surface area contributed by atoms with Gasteiger partial charge >= 0.3 is 5.97 Å². The van der Waals surface area contributed by atoms with Gasteiger partial charge in [-0.1, -0.05) is 6.92 Å². The van der Waals surface area contributed by atoms with Gasteiger partial charge in [0.05, 0.1) is 17.9 Å². The first-order valence-electron chi connectivity index (χ1n) is 4.43. The fraction of sp³-hybridized carbons (Fsp3) is 0.500. The van der Waals surface area contributed by atoms with Crippen LogP contribution in [-0.4, -0.2) is 43.7 Å². The Bertz CT molecular complexity index is 339. The molecule has 1 aromatic heterocycles. The minimum atomic E-state index is -1.03. The number of carboxylic acids is 1. The highest BCUT2D eigenvalue weighted by molar-refractivity contribution is 6.99. The van der Waals surface area contributed by atoms with Gasteiger partial charge < -0.3 is 10.0 Å². The Morgan fingerprint density at radius 2 is 2.33 bits per heavy atom. The van der Waals surface area contributed by atoms with E-state index in [-0.39, 0.29) is 18.1 Å². The van der Waals surface area contributed by atoms with E-state index in [9.17, 15) is 9.59 Å². The first-order chi connectivity index (χ1) is 7.15. The molecule has 0 aromatic carbocycles. The topological polar surface area (TPSA) is 83.4 Å². The summed E-state index contributed by atoms with van der Waals surface area (Å²) in [6, 6.07) is 0. The molecule has 82 valence electrons. The number of hydrogen-bond donors (Lipinski definition) is 1. The Balaban J connectivity index is 2.71. The Labute approximate surface area is 90.9 Å². The fourth-order valence-electron chi connectivity index (χ4n) is 1.11. The normalized spacial score (nSPS) is 9.93. The lowest BCUT2D eigenvalue weighted by molar-refractivity contribution is -0.137. The number of nitrogens with zero attached hydrogens (tertiary/aromatic N) is 3. The molecular formula is C8H11N3O3S. The van der Waals surface area contributed by atoms with Crippen LogP contribution in [0.3, 0.4) is 0 Å². The molecule has 0 atom stereocenters. The lowest BCUT2D eigenvalue weighted by Crippen LogP contribution is -2.36. The summed E-state index contributed by atoms with van der Waals surface area (Å²) in [4.78, 5) is 23.5. The molecular weight excluding hydrogens is 218 g/mol. The molecule has 1 N–H and O–H groups in total. The van der Waals surface area contributed by atoms with Crippen molar-refractivity contribution < 1.29 is 14.7 Å². The van der Waals surface area contributed by atoms with Crippen molar-refractivity contribution in [2.75, 3.05) is 13.1 Å². The van der Waals surface area contributed by atoms with E-state index in [1.54, 1.807) is 0 Å². The van der Waals surface area contributed by atoms with Gasteiger partial charge in [-0.25, -0.2) is 0 Å². The molecule has 1 amide bonds. The van der Waals surface area contributed by atoms with E-state index in [0.717, 1.165) is 11.7 Å². The zero-order valence-electron chi connectivity index (χ0n) is 8.21. The second-order valence-electron chi connectivity index (χ2n) is 2.91. The van der Waals surface area contributed by atoms with Crippen molar-refractivity contribution in [2.45, 2.75) is 13.3 Å². The van der Waals surface area contributed by atoms with Crippen LogP contribution in [-0.2, 0) is 4.79 Å². The number of amides is 1. The first kappa shape index (κ1) is 11.6. The Kier molecular flexibility index (Phi) is 4.17. The average Bonchev–Trinajstić information content (AvgIpc) is 2.68. The summed E-state index contributed by atoms with van der Waals surface area (Å²) in [5.41, 5.74) is 0.203. The summed E-state index contributed by atoms with van der Waals surface area (Å²) in [5, 5.41) is 8.63. The quantitative estimate of drug-likeness (QED) is 0.793. The van der Waals surface area contributed by atoms with Crippen molar-refractivity contribution in [2.24, 2.45) is 0 Å². The summed E-state index contributed by atoms with van der Waals surface area (Å²) < 4.78 is 7.47. The number of rotatable bonds is 5. The number of carboxylic acid groups (broad SMARTS) is 1. The number of hydrogen-bond acceptors (Lipinski definition) is 5. The highest BCUT2D eigenvalue weighted by atomic mass is 32.1. The van der Waals surface area contributed by atoms with Crippen molar-refractivity contribution in [1.82, 2.24) is 13.6 Å². The molecule has 0 radical (unpaired) electrons. The third-order valence-corrected chi connectivity index (χ3v) is 2.17. The van der Waals surface area contributed by atoms with E-state index < -0.39 is 5.97 Å². The molecule has 0 aliphatic rings. The van der Waals surface area contributed by atoms with Gasteiger partial charge in [0, 0.05) is 6.54 Å². The molecule has 0 spiro atoms. The molecule has 0 fully saturated rings. The van der Waals surface area contributed by atoms with E-state index >= 15 is 0 Å². The van der Waals surface area contributed by atoms with E-state index in [1.807, 2.05) is 6.92 Å². The minimum Gasteiger partial charge on any atom is -0.480 e. The third kappa shape index (κ3) is 3.28. The molecule has 0 aliphatic carbocycles. The maximum absolute atomic E-state index is 11.7. The monoisotopic (exact) mass is 229 g/mol. The molecule has 0 bridgehead atoms. The lowest BCUT2D eigenvalue weighted by atomic mass is 10.3. The molecule has 0 saturated heterocycles. The largest absolute Gasteiger partial charge is 0.480 e. The maximum Gasteiger partial charge on any atom is 0.323 e. The summed E-state index contributed by atoms with van der Waals surface area (Å²) >= 11 is 0.927. The van der Waals surface area contributed by atoms with Gasteiger partial charge in [-0.05, 0) is 6.42 Å². The van der Waals surface area contributed by atoms with E-state index in [4.69, 9.17) is 5.11 Å². The predicted molar refractivity (Wildman–Crippen MR) is 53.7 cm³/mol. The molecule has 0 unspecified atom stereocenters. The number of aromatic nitrogens is 2. The van der Waals surface area contributed by atoms with Gasteiger partial charge in [-0.3, -0.25) is 9.59 Å². The van der Waals surface area contributed by atoms with Gasteiger partial charge in [0.25, 0.3) is 5.91 Å². The van der Waals surface area contributed by atoms with Crippen LogP contribution < -0.4 is 0 Å². The highest BCUT2D eigenvalue weighted by Crippen LogP contribution is 2.03. The molecule has 6 nitrogen and oxygen atoms in total. The van der Waals surface area contributed by atoms with Crippen molar-refractivity contribution in [3.05, 3.63) is 11.9 Å². The zero-order chi connectivity index (χ0) is 11.3. The van der Waals surface area contributed by atoms with Crippen LogP contribution in [0.15, 0.2) is 6.20 Å². The van der Waals surface area contributed by atoms with E-state index in [0.29, 0.717) is 13.0 Å². The van der Waals surface area contributed by atoms with Crippen LogP contribution in [0.1, 0.15) is 23.8 Å². The Hall–Kier alpha value is -1.50. The van der Waals surface area contributed by atoms with Gasteiger partial charge in [0.15, 0.2) is 5.69 Å². The van der Waals surface area contributed by atoms with E-state index in [1.165, 1.54) is 11.1 Å². The summed E-state index contributed by atoms with van der Waals surface area (Å²) in [6.07, 6.45) is 2.05. The molecule has 7 heteroatoms. The number of carbonyl (C=O) groups is 2. The average molecular weight is 229 g/mol. The van der Waals surface area contributed by atoms with Gasteiger partial charge in [-0.15, -0.1) is 0 Å². The predicted octanol–water partition coefficient (Wildman–Crippen LogP) is 0.475. The van der Waals surface area contributed by atoms with Crippen molar-refractivity contribution in [3.8, 4) is 0 Å². The molecule has 15 heavy (non-hydrogen) atoms. The molecule has 1 rings (SSSR count). The molecule has 1 heterocycles. The number of aliphatic carboxylic acids is 1. The molecule has 0 aliphatic heterocycles. The van der Waals surface area contributed by atoms with Gasteiger partial charge in [0.1, 0.15) is 6.54 Å². The second kappa shape index (κ2) is 5.40. The third-order valence-electron chi connectivity index (χ3n) is 1.69. The Morgan fingerprint density at radius 3 is 2.80 bits per heavy atom. The van der Waals surface area contributed by atoms with Crippen molar-refractivity contribution in [3.63, 3.8) is 0 Å². The van der Waals surface area contributed by atoms with Gasteiger partial charge in [0.2, 0.25) is 0 Å². The second-order valence-corrected chi connectivity index (χ2v) is 3.47.